The normalized spacial score (nSPS) is 11.7. The molecule has 0 spiro atoms. The van der Waals surface area contributed by atoms with E-state index in [1.807, 2.05) is 13.8 Å². The number of nitrogens with zero attached hydrogens (tertiary/aromatic N) is 1. The number of rotatable bonds is 4. The van der Waals surface area contributed by atoms with Crippen molar-refractivity contribution in [3.05, 3.63) is 18.3 Å². The van der Waals surface area contributed by atoms with Crippen LogP contribution in [0.3, 0.4) is 0 Å². The van der Waals surface area contributed by atoms with Gasteiger partial charge < -0.3 is 5.73 Å². The molecule has 1 rings (SSSR count). The number of aromatic nitrogens is 1. The minimum absolute atomic E-state index is 0.0873. The highest BCUT2D eigenvalue weighted by Crippen LogP contribution is 2.10. The summed E-state index contributed by atoms with van der Waals surface area (Å²) in [4.78, 5) is 3.79. The van der Waals surface area contributed by atoms with Gasteiger partial charge in [-0.25, -0.2) is 13.4 Å². The average molecular weight is 229 g/mol. The quantitative estimate of drug-likeness (QED) is 0.808. The molecule has 0 saturated heterocycles. The predicted octanol–water partition coefficient (Wildman–Crippen LogP) is 1.06. The second-order valence-electron chi connectivity index (χ2n) is 3.75. The van der Waals surface area contributed by atoms with Crippen molar-refractivity contribution >= 4 is 21.5 Å². The van der Waals surface area contributed by atoms with E-state index in [9.17, 15) is 8.42 Å². The highest BCUT2D eigenvalue weighted by Gasteiger charge is 2.12. The number of hydrogen-bond acceptors (Lipinski definition) is 4. The zero-order valence-corrected chi connectivity index (χ0v) is 9.58. The summed E-state index contributed by atoms with van der Waals surface area (Å²) in [6.07, 6.45) is 1.40. The molecule has 0 atom stereocenters. The van der Waals surface area contributed by atoms with Gasteiger partial charge in [0.05, 0.1) is 17.6 Å². The van der Waals surface area contributed by atoms with Crippen molar-refractivity contribution in [2.75, 3.05) is 16.2 Å². The summed E-state index contributed by atoms with van der Waals surface area (Å²) >= 11 is 0. The van der Waals surface area contributed by atoms with Crippen molar-refractivity contribution in [3.63, 3.8) is 0 Å². The van der Waals surface area contributed by atoms with E-state index in [4.69, 9.17) is 5.73 Å². The van der Waals surface area contributed by atoms with Crippen LogP contribution in [0.15, 0.2) is 18.3 Å². The number of sulfonamides is 1. The third-order valence-corrected chi connectivity index (χ3v) is 3.26. The van der Waals surface area contributed by atoms with Gasteiger partial charge in [-0.15, -0.1) is 0 Å². The van der Waals surface area contributed by atoms with Crippen molar-refractivity contribution in [1.29, 1.82) is 0 Å². The fourth-order valence-electron chi connectivity index (χ4n) is 1.13. The zero-order valence-electron chi connectivity index (χ0n) is 8.77. The standard InChI is InChI=1S/C9H15N3O2S/c1-7(2)6-15(13,14)12-8-3-4-9(10)11-5-8/h3-5,7,12H,6H2,1-2H3,(H2,10,11). The second kappa shape index (κ2) is 4.48. The summed E-state index contributed by atoms with van der Waals surface area (Å²) in [6.45, 7) is 3.70. The van der Waals surface area contributed by atoms with Gasteiger partial charge in [-0.3, -0.25) is 4.72 Å². The Labute approximate surface area is 89.8 Å². The van der Waals surface area contributed by atoms with Crippen LogP contribution in [0.4, 0.5) is 11.5 Å². The van der Waals surface area contributed by atoms with Gasteiger partial charge in [-0.05, 0) is 18.1 Å². The van der Waals surface area contributed by atoms with Gasteiger partial charge in [-0.1, -0.05) is 13.8 Å². The smallest absolute Gasteiger partial charge is 0.233 e. The van der Waals surface area contributed by atoms with Gasteiger partial charge in [0.15, 0.2) is 0 Å². The second-order valence-corrected chi connectivity index (χ2v) is 5.52. The van der Waals surface area contributed by atoms with E-state index >= 15 is 0 Å². The number of anilines is 2. The largest absolute Gasteiger partial charge is 0.384 e. The molecule has 3 N–H and O–H groups in total. The van der Waals surface area contributed by atoms with Crippen LogP contribution < -0.4 is 10.5 Å². The van der Waals surface area contributed by atoms with E-state index < -0.39 is 10.0 Å². The Morgan fingerprint density at radius 2 is 2.13 bits per heavy atom. The fraction of sp³-hybridized carbons (Fsp3) is 0.444. The van der Waals surface area contributed by atoms with Crippen LogP contribution in [0, 0.1) is 5.92 Å². The molecule has 0 amide bonds. The van der Waals surface area contributed by atoms with Crippen molar-refractivity contribution < 1.29 is 8.42 Å². The van der Waals surface area contributed by atoms with Crippen LogP contribution >= 0.6 is 0 Å². The first kappa shape index (κ1) is 11.8. The molecular formula is C9H15N3O2S. The third-order valence-electron chi connectivity index (χ3n) is 1.61. The van der Waals surface area contributed by atoms with Crippen LogP contribution in [-0.2, 0) is 10.0 Å². The Bertz CT molecular complexity index is 411. The Hall–Kier alpha value is -1.30. The summed E-state index contributed by atoms with van der Waals surface area (Å²) in [6, 6.07) is 3.13. The van der Waals surface area contributed by atoms with Crippen LogP contribution in [0.2, 0.25) is 0 Å². The molecule has 0 bridgehead atoms. The lowest BCUT2D eigenvalue weighted by molar-refractivity contribution is 0.587. The highest BCUT2D eigenvalue weighted by atomic mass is 32.2. The van der Waals surface area contributed by atoms with Gasteiger partial charge in [0.25, 0.3) is 0 Å². The first-order valence-corrected chi connectivity index (χ1v) is 6.26. The number of pyridine rings is 1. The van der Waals surface area contributed by atoms with Gasteiger partial charge in [0.1, 0.15) is 5.82 Å². The van der Waals surface area contributed by atoms with E-state index in [-0.39, 0.29) is 11.7 Å². The van der Waals surface area contributed by atoms with E-state index in [0.717, 1.165) is 0 Å². The Balaban J connectivity index is 2.73. The molecule has 0 saturated carbocycles. The summed E-state index contributed by atoms with van der Waals surface area (Å²) < 4.78 is 25.5. The minimum atomic E-state index is -3.28. The lowest BCUT2D eigenvalue weighted by atomic mass is 10.3. The summed E-state index contributed by atoms with van der Waals surface area (Å²) in [5.41, 5.74) is 5.82. The lowest BCUT2D eigenvalue weighted by Gasteiger charge is -2.09. The minimum Gasteiger partial charge on any atom is -0.384 e. The van der Waals surface area contributed by atoms with E-state index in [0.29, 0.717) is 11.5 Å². The Morgan fingerprint density at radius 1 is 1.47 bits per heavy atom. The molecule has 0 fully saturated rings. The molecule has 1 aromatic rings. The SMILES string of the molecule is CC(C)CS(=O)(=O)Nc1ccc(N)nc1. The number of nitrogens with one attached hydrogen (secondary N) is 1. The molecule has 0 aliphatic rings. The van der Waals surface area contributed by atoms with E-state index in [1.165, 1.54) is 6.20 Å². The summed E-state index contributed by atoms with van der Waals surface area (Å²) in [7, 11) is -3.28. The molecule has 0 aliphatic carbocycles. The van der Waals surface area contributed by atoms with Crippen LogP contribution in [0.25, 0.3) is 0 Å². The first-order chi connectivity index (χ1) is 6.89. The molecule has 0 radical (unpaired) electrons. The third kappa shape index (κ3) is 4.16. The summed E-state index contributed by atoms with van der Waals surface area (Å²) in [5.74, 6) is 0.545. The maximum Gasteiger partial charge on any atom is 0.233 e. The van der Waals surface area contributed by atoms with Crippen LogP contribution in [-0.4, -0.2) is 19.2 Å². The lowest BCUT2D eigenvalue weighted by Crippen LogP contribution is -2.20. The molecule has 15 heavy (non-hydrogen) atoms. The first-order valence-electron chi connectivity index (χ1n) is 4.61. The maximum absolute atomic E-state index is 11.5. The number of hydrogen-bond donors (Lipinski definition) is 2. The van der Waals surface area contributed by atoms with Gasteiger partial charge in [-0.2, -0.15) is 0 Å². The molecule has 6 heteroatoms. The van der Waals surface area contributed by atoms with Crippen molar-refractivity contribution in [2.24, 2.45) is 5.92 Å². The summed E-state index contributed by atoms with van der Waals surface area (Å²) in [5, 5.41) is 0. The molecule has 0 aliphatic heterocycles. The van der Waals surface area contributed by atoms with Gasteiger partial charge >= 0.3 is 0 Å². The van der Waals surface area contributed by atoms with Gasteiger partial charge in [0, 0.05) is 0 Å². The van der Waals surface area contributed by atoms with Crippen LogP contribution in [0.5, 0.6) is 0 Å². The Kier molecular flexibility index (Phi) is 3.52. The Morgan fingerprint density at radius 3 is 2.60 bits per heavy atom. The van der Waals surface area contributed by atoms with E-state index in [2.05, 4.69) is 9.71 Å². The molecule has 0 aromatic carbocycles. The van der Waals surface area contributed by atoms with Crippen molar-refractivity contribution in [3.8, 4) is 0 Å². The molecule has 84 valence electrons. The van der Waals surface area contributed by atoms with Gasteiger partial charge in [0.2, 0.25) is 10.0 Å². The van der Waals surface area contributed by atoms with Crippen molar-refractivity contribution in [1.82, 2.24) is 4.98 Å². The zero-order chi connectivity index (χ0) is 11.5. The molecule has 5 nitrogen and oxygen atoms in total. The predicted molar refractivity (Wildman–Crippen MR) is 60.9 cm³/mol. The number of nitrogens with two attached hydrogens (primary N) is 1. The number of nitrogen functional groups attached to an aromatic ring is 1. The highest BCUT2D eigenvalue weighted by molar-refractivity contribution is 7.92. The molecule has 1 aromatic heterocycles. The molecule has 0 unspecified atom stereocenters. The molecular weight excluding hydrogens is 214 g/mol. The fourth-order valence-corrected chi connectivity index (χ4v) is 2.57. The topological polar surface area (TPSA) is 85.1 Å². The average Bonchev–Trinajstić information content (AvgIpc) is 2.06. The monoisotopic (exact) mass is 229 g/mol. The molecule has 1 heterocycles. The van der Waals surface area contributed by atoms with E-state index in [1.54, 1.807) is 12.1 Å². The van der Waals surface area contributed by atoms with Crippen LogP contribution in [0.1, 0.15) is 13.8 Å². The maximum atomic E-state index is 11.5. The van der Waals surface area contributed by atoms with Crippen molar-refractivity contribution in [2.45, 2.75) is 13.8 Å².